The smallest absolute Gasteiger partial charge is 0.308 e. The number of amides is 1. The van der Waals surface area contributed by atoms with Crippen LogP contribution in [-0.4, -0.2) is 38.5 Å². The first-order chi connectivity index (χ1) is 20.4. The van der Waals surface area contributed by atoms with Crippen LogP contribution < -0.4 is 11.1 Å². The molecule has 1 aliphatic carbocycles. The fourth-order valence-electron chi connectivity index (χ4n) is 5.51. The van der Waals surface area contributed by atoms with Gasteiger partial charge in [0.15, 0.2) is 11.5 Å². The molecule has 0 unspecified atom stereocenters. The minimum Gasteiger partial charge on any atom is -0.469 e. The molecule has 3 heterocycles. The van der Waals surface area contributed by atoms with Gasteiger partial charge in [-0.1, -0.05) is 30.3 Å². The highest BCUT2D eigenvalue weighted by molar-refractivity contribution is 5.93. The van der Waals surface area contributed by atoms with Gasteiger partial charge in [0.2, 0.25) is 5.91 Å². The van der Waals surface area contributed by atoms with E-state index in [0.717, 1.165) is 5.56 Å². The Balaban J connectivity index is 1.35. The second kappa shape index (κ2) is 11.4. The number of nitrogens with two attached hydrogens (primary N) is 1. The Hall–Kier alpha value is -5.12. The van der Waals surface area contributed by atoms with Crippen molar-refractivity contribution in [2.24, 2.45) is 11.8 Å². The zero-order chi connectivity index (χ0) is 29.2. The maximum atomic E-state index is 15.9. The number of pyridine rings is 2. The molecular weight excluding hydrogens is 535 g/mol. The molecule has 3 N–H and O–H groups in total. The molecule has 0 atom stereocenters. The number of halogens is 1. The number of benzene rings is 2. The standard InChI is InChI=1S/C32H29FN6O3/c1-42-32(41)21-11-9-20(10-12-21)31(40)36-22-13-16-27(24(33)18-22)39-29(23-8-5-17-35-28(23)34)38-26-15-14-25(37-30(26)39)19-6-3-2-4-7-19/h2-8,13-18,20-21H,9-12H2,1H3,(H2,34,35)(H,36,40). The lowest BCUT2D eigenvalue weighted by Gasteiger charge is -2.26. The minimum atomic E-state index is -0.572. The first-order valence-electron chi connectivity index (χ1n) is 13.8. The van der Waals surface area contributed by atoms with Crippen molar-refractivity contribution in [1.29, 1.82) is 0 Å². The monoisotopic (exact) mass is 564 g/mol. The van der Waals surface area contributed by atoms with Crippen LogP contribution in [0, 0.1) is 17.7 Å². The summed E-state index contributed by atoms with van der Waals surface area (Å²) < 4.78 is 22.4. The summed E-state index contributed by atoms with van der Waals surface area (Å²) in [5.41, 5.74) is 9.92. The predicted molar refractivity (Wildman–Crippen MR) is 158 cm³/mol. The molecule has 2 aromatic carbocycles. The van der Waals surface area contributed by atoms with E-state index in [1.54, 1.807) is 35.0 Å². The molecule has 42 heavy (non-hydrogen) atoms. The number of nitrogens with one attached hydrogen (secondary N) is 1. The highest BCUT2D eigenvalue weighted by Gasteiger charge is 2.30. The van der Waals surface area contributed by atoms with Crippen molar-refractivity contribution in [3.8, 4) is 28.3 Å². The number of fused-ring (bicyclic) bond motifs is 1. The van der Waals surface area contributed by atoms with Crippen molar-refractivity contribution in [3.05, 3.63) is 84.8 Å². The van der Waals surface area contributed by atoms with E-state index >= 15 is 4.39 Å². The van der Waals surface area contributed by atoms with Crippen LogP contribution in [0.15, 0.2) is 79.0 Å². The van der Waals surface area contributed by atoms with Crippen molar-refractivity contribution in [3.63, 3.8) is 0 Å². The number of carbonyl (C=O) groups excluding carboxylic acids is 2. The SMILES string of the molecule is COC(=O)C1CCC(C(=O)Nc2ccc(-n3c(-c4cccnc4N)nc4ccc(-c5ccccc5)nc43)c(F)c2)CC1. The molecule has 0 aliphatic heterocycles. The summed E-state index contributed by atoms with van der Waals surface area (Å²) in [5.74, 6) is -0.799. The highest BCUT2D eigenvalue weighted by atomic mass is 19.1. The highest BCUT2D eigenvalue weighted by Crippen LogP contribution is 2.34. The van der Waals surface area contributed by atoms with Gasteiger partial charge in [0.25, 0.3) is 0 Å². The quantitative estimate of drug-likeness (QED) is 0.250. The molecule has 1 fully saturated rings. The van der Waals surface area contributed by atoms with Gasteiger partial charge in [0, 0.05) is 23.4 Å². The van der Waals surface area contributed by atoms with Crippen molar-refractivity contribution in [2.45, 2.75) is 25.7 Å². The Bertz CT molecular complexity index is 1780. The number of hydrogen-bond donors (Lipinski definition) is 2. The molecule has 9 nitrogen and oxygen atoms in total. The Morgan fingerprint density at radius 1 is 0.952 bits per heavy atom. The summed E-state index contributed by atoms with van der Waals surface area (Å²) in [4.78, 5) is 38.6. The van der Waals surface area contributed by atoms with Crippen molar-refractivity contribution < 1.29 is 18.7 Å². The normalized spacial score (nSPS) is 16.7. The largest absolute Gasteiger partial charge is 0.469 e. The number of methoxy groups -OCH3 is 1. The summed E-state index contributed by atoms with van der Waals surface area (Å²) in [7, 11) is 1.37. The number of ether oxygens (including phenoxy) is 1. The van der Waals surface area contributed by atoms with Crippen LogP contribution >= 0.6 is 0 Å². The third-order valence-electron chi connectivity index (χ3n) is 7.74. The van der Waals surface area contributed by atoms with Gasteiger partial charge in [0.1, 0.15) is 17.2 Å². The lowest BCUT2D eigenvalue weighted by molar-refractivity contribution is -0.147. The molecule has 3 aromatic heterocycles. The average Bonchev–Trinajstić information content (AvgIpc) is 3.39. The molecular formula is C32H29FN6O3. The predicted octanol–water partition coefficient (Wildman–Crippen LogP) is 5.79. The maximum Gasteiger partial charge on any atom is 0.308 e. The van der Waals surface area contributed by atoms with Gasteiger partial charge in [-0.3, -0.25) is 14.2 Å². The second-order valence-electron chi connectivity index (χ2n) is 10.3. The van der Waals surface area contributed by atoms with E-state index in [-0.39, 0.29) is 35.2 Å². The van der Waals surface area contributed by atoms with Gasteiger partial charge in [-0.2, -0.15) is 0 Å². The third kappa shape index (κ3) is 5.18. The zero-order valence-corrected chi connectivity index (χ0v) is 23.0. The molecule has 0 saturated heterocycles. The van der Waals surface area contributed by atoms with E-state index in [1.165, 1.54) is 13.2 Å². The third-order valence-corrected chi connectivity index (χ3v) is 7.74. The number of carbonyl (C=O) groups is 2. The summed E-state index contributed by atoms with van der Waals surface area (Å²) in [6.45, 7) is 0. The fourth-order valence-corrected chi connectivity index (χ4v) is 5.51. The topological polar surface area (TPSA) is 125 Å². The van der Waals surface area contributed by atoms with Crippen LogP contribution in [0.4, 0.5) is 15.9 Å². The zero-order valence-electron chi connectivity index (χ0n) is 23.0. The molecule has 0 spiro atoms. The Morgan fingerprint density at radius 3 is 2.43 bits per heavy atom. The second-order valence-corrected chi connectivity index (χ2v) is 10.3. The number of esters is 1. The number of nitrogen functional groups attached to an aromatic ring is 1. The molecule has 0 bridgehead atoms. The van der Waals surface area contributed by atoms with Crippen LogP contribution in [0.2, 0.25) is 0 Å². The van der Waals surface area contributed by atoms with Crippen LogP contribution in [0.3, 0.4) is 0 Å². The van der Waals surface area contributed by atoms with Crippen LogP contribution in [0.5, 0.6) is 0 Å². The van der Waals surface area contributed by atoms with Gasteiger partial charge >= 0.3 is 5.97 Å². The van der Waals surface area contributed by atoms with Crippen molar-refractivity contribution in [2.75, 3.05) is 18.2 Å². The van der Waals surface area contributed by atoms with E-state index in [9.17, 15) is 9.59 Å². The number of imidazole rings is 1. The molecule has 1 aliphatic rings. The van der Waals surface area contributed by atoms with E-state index < -0.39 is 5.82 Å². The van der Waals surface area contributed by atoms with Crippen LogP contribution in [0.25, 0.3) is 39.5 Å². The number of rotatable bonds is 6. The first kappa shape index (κ1) is 27.1. The van der Waals surface area contributed by atoms with Crippen LogP contribution in [0.1, 0.15) is 25.7 Å². The van der Waals surface area contributed by atoms with Crippen molar-refractivity contribution >= 4 is 34.5 Å². The first-order valence-corrected chi connectivity index (χ1v) is 13.8. The van der Waals surface area contributed by atoms with E-state index in [4.69, 9.17) is 20.4 Å². The lowest BCUT2D eigenvalue weighted by atomic mass is 9.81. The van der Waals surface area contributed by atoms with Gasteiger partial charge in [-0.15, -0.1) is 0 Å². The van der Waals surface area contributed by atoms with Gasteiger partial charge in [-0.25, -0.2) is 19.3 Å². The Morgan fingerprint density at radius 2 is 1.71 bits per heavy atom. The van der Waals surface area contributed by atoms with Gasteiger partial charge in [0.05, 0.1) is 30.0 Å². The number of hydrogen-bond acceptors (Lipinski definition) is 7. The van der Waals surface area contributed by atoms with Crippen LogP contribution in [-0.2, 0) is 14.3 Å². The van der Waals surface area contributed by atoms with Gasteiger partial charge < -0.3 is 15.8 Å². The van der Waals surface area contributed by atoms with Crippen molar-refractivity contribution in [1.82, 2.24) is 19.5 Å². The molecule has 1 amide bonds. The van der Waals surface area contributed by atoms with E-state index in [0.29, 0.717) is 59.6 Å². The lowest BCUT2D eigenvalue weighted by Crippen LogP contribution is -2.30. The summed E-state index contributed by atoms with van der Waals surface area (Å²) in [5, 5.41) is 2.84. The number of nitrogens with zero attached hydrogens (tertiary/aromatic N) is 4. The van der Waals surface area contributed by atoms with E-state index in [2.05, 4.69) is 10.3 Å². The summed E-state index contributed by atoms with van der Waals surface area (Å²) >= 11 is 0. The number of aromatic nitrogens is 4. The molecule has 0 radical (unpaired) electrons. The molecule has 5 aromatic rings. The fraction of sp³-hybridized carbons (Fsp3) is 0.219. The van der Waals surface area contributed by atoms with Gasteiger partial charge in [-0.05, 0) is 68.1 Å². The minimum absolute atomic E-state index is 0.181. The summed E-state index contributed by atoms with van der Waals surface area (Å²) in [6, 6.07) is 21.5. The van der Waals surface area contributed by atoms with E-state index in [1.807, 2.05) is 42.5 Å². The number of anilines is 2. The molecule has 6 rings (SSSR count). The summed E-state index contributed by atoms with van der Waals surface area (Å²) in [6.07, 6.45) is 3.89. The Labute approximate surface area is 241 Å². The maximum absolute atomic E-state index is 15.9. The molecule has 1 saturated carbocycles. The molecule has 212 valence electrons. The Kier molecular flexibility index (Phi) is 7.35. The molecule has 10 heteroatoms. The average molecular weight is 565 g/mol.